The molecule has 0 radical (unpaired) electrons. The fraction of sp³-hybridized carbons (Fsp3) is 0.432. The van der Waals surface area contributed by atoms with Crippen molar-refractivity contribution < 1.29 is 19.1 Å². The second kappa shape index (κ2) is 12.9. The minimum atomic E-state index is -0.473. The van der Waals surface area contributed by atoms with Gasteiger partial charge >= 0.3 is 0 Å². The molecule has 8 rings (SSSR count). The van der Waals surface area contributed by atoms with E-state index in [9.17, 15) is 19.1 Å². The summed E-state index contributed by atoms with van der Waals surface area (Å²) in [5.41, 5.74) is 12.2. The van der Waals surface area contributed by atoms with E-state index in [2.05, 4.69) is 48.6 Å². The van der Waals surface area contributed by atoms with E-state index in [1.807, 2.05) is 10.9 Å². The smallest absolute Gasteiger partial charge is 0.249 e. The fourth-order valence-electron chi connectivity index (χ4n) is 8.59. The molecule has 4 aromatic rings. The molecule has 3 aliphatic heterocycles. The molecule has 4 aliphatic rings. The number of phenolic OH excluding ortho intramolecular Hbond substituents is 1. The van der Waals surface area contributed by atoms with E-state index in [4.69, 9.17) is 5.73 Å². The Labute approximate surface area is 284 Å². The van der Waals surface area contributed by atoms with Gasteiger partial charge in [0, 0.05) is 60.7 Å². The summed E-state index contributed by atoms with van der Waals surface area (Å²) in [6, 6.07) is 12.6. The maximum atomic E-state index is 13.9. The number of fused-ring (bicyclic) bond motifs is 1. The number of benzene rings is 2. The number of halogens is 1. The average molecular weight is 665 g/mol. The van der Waals surface area contributed by atoms with Crippen LogP contribution in [-0.2, 0) is 16.0 Å². The van der Waals surface area contributed by atoms with Crippen LogP contribution in [0.4, 0.5) is 15.9 Å². The van der Waals surface area contributed by atoms with Gasteiger partial charge in [-0.05, 0) is 98.7 Å². The maximum Gasteiger partial charge on any atom is 0.249 e. The van der Waals surface area contributed by atoms with E-state index in [1.54, 1.807) is 12.3 Å². The number of carbonyl (C=O) groups is 2. The summed E-state index contributed by atoms with van der Waals surface area (Å²) in [6.07, 6.45) is 12.4. The number of nitrogens with one attached hydrogen (secondary N) is 1. The molecule has 1 saturated carbocycles. The summed E-state index contributed by atoms with van der Waals surface area (Å²) in [4.78, 5) is 29.2. The topological polar surface area (TPSA) is 142 Å². The fourth-order valence-corrected chi connectivity index (χ4v) is 8.59. The zero-order chi connectivity index (χ0) is 33.6. The van der Waals surface area contributed by atoms with Gasteiger partial charge in [0.05, 0.1) is 17.9 Å². The number of rotatable bonds is 6. The van der Waals surface area contributed by atoms with Crippen molar-refractivity contribution in [3.05, 3.63) is 71.8 Å². The number of nitrogens with zero attached hydrogens (tertiary/aromatic N) is 6. The number of anilines is 2. The third kappa shape index (κ3) is 6.03. The van der Waals surface area contributed by atoms with Gasteiger partial charge in [0.15, 0.2) is 5.82 Å². The molecule has 12 heteroatoms. The first-order chi connectivity index (χ1) is 23.8. The summed E-state index contributed by atoms with van der Waals surface area (Å²) in [5, 5.41) is 25.6. The molecule has 0 spiro atoms. The van der Waals surface area contributed by atoms with Gasteiger partial charge in [0.25, 0.3) is 0 Å². The summed E-state index contributed by atoms with van der Waals surface area (Å²) in [6.45, 7) is 2.88. The van der Waals surface area contributed by atoms with Gasteiger partial charge in [-0.2, -0.15) is 5.10 Å². The number of nitrogens with two attached hydrogens (primary N) is 1. The number of hydrogen-bond donors (Lipinski definition) is 3. The number of likely N-dealkylation sites (tertiary alicyclic amines) is 1. The summed E-state index contributed by atoms with van der Waals surface area (Å²) >= 11 is 0. The third-order valence-corrected chi connectivity index (χ3v) is 11.2. The molecule has 5 heterocycles. The largest absolute Gasteiger partial charge is 0.507 e. The van der Waals surface area contributed by atoms with Crippen LogP contribution >= 0.6 is 0 Å². The van der Waals surface area contributed by atoms with Gasteiger partial charge in [-0.1, -0.05) is 12.1 Å². The lowest BCUT2D eigenvalue weighted by Gasteiger charge is -2.41. The normalized spacial score (nSPS) is 23.4. The first kappa shape index (κ1) is 31.4. The summed E-state index contributed by atoms with van der Waals surface area (Å²) in [5.74, 6) is -0.105. The molecule has 254 valence electrons. The second-order valence-electron chi connectivity index (χ2n) is 13.9. The lowest BCUT2D eigenvalue weighted by molar-refractivity contribution is -0.134. The van der Waals surface area contributed by atoms with Gasteiger partial charge in [-0.25, -0.2) is 4.39 Å². The molecule has 1 aliphatic carbocycles. The van der Waals surface area contributed by atoms with Crippen molar-refractivity contribution in [1.82, 2.24) is 30.2 Å². The van der Waals surface area contributed by atoms with E-state index >= 15 is 0 Å². The standard InChI is InChI=1S/C37H41FN8O3/c38-24-6-10-34(47)30(18-24)31-19-29(36(39)43-42-31)23-20-40-46(21-23)26-12-15-44(16-13-26)25-7-4-22(5-8-25)27-2-1-3-32-28(27)14-17-45(32)33-9-11-35(48)41-37(33)49/h1-3,6,10,18-22,25-26,33,47H,4-5,7-9,11-17H2,(H2,39,43)(H,41,48,49)/t22?,25?,33-/m0/s1. The highest BCUT2D eigenvalue weighted by Gasteiger charge is 2.37. The highest BCUT2D eigenvalue weighted by atomic mass is 19.1. The van der Waals surface area contributed by atoms with Crippen molar-refractivity contribution >= 4 is 23.3 Å². The highest BCUT2D eigenvalue weighted by molar-refractivity contribution is 6.02. The van der Waals surface area contributed by atoms with Gasteiger partial charge in [0.1, 0.15) is 17.6 Å². The van der Waals surface area contributed by atoms with Crippen molar-refractivity contribution in [3.8, 4) is 28.1 Å². The Kier molecular flexibility index (Phi) is 8.26. The molecule has 11 nitrogen and oxygen atoms in total. The van der Waals surface area contributed by atoms with Gasteiger partial charge in [0.2, 0.25) is 11.8 Å². The molecule has 2 saturated heterocycles. The Bertz CT molecular complexity index is 1900. The quantitative estimate of drug-likeness (QED) is 0.244. The van der Waals surface area contributed by atoms with Crippen LogP contribution in [0.5, 0.6) is 5.75 Å². The minimum absolute atomic E-state index is 0.0793. The number of hydrogen-bond acceptors (Lipinski definition) is 9. The number of amides is 2. The third-order valence-electron chi connectivity index (χ3n) is 11.2. The predicted molar refractivity (Wildman–Crippen MR) is 183 cm³/mol. The SMILES string of the molecule is Nc1nnc(-c2cc(F)ccc2O)cc1-c1cnn(C2CCN(C3CCC(c4cccc5c4CCN5[C@H]4CCC(=O)NC4=O)CC3)CC2)c1. The van der Waals surface area contributed by atoms with Gasteiger partial charge in [-0.3, -0.25) is 19.6 Å². The molecular weight excluding hydrogens is 623 g/mol. The molecule has 4 N–H and O–H groups in total. The zero-order valence-corrected chi connectivity index (χ0v) is 27.4. The lowest BCUT2D eigenvalue weighted by atomic mass is 9.79. The first-order valence-electron chi connectivity index (χ1n) is 17.4. The monoisotopic (exact) mass is 664 g/mol. The Hall–Kier alpha value is -4.84. The van der Waals surface area contributed by atoms with Crippen LogP contribution in [0.3, 0.4) is 0 Å². The molecule has 0 unspecified atom stereocenters. The van der Waals surface area contributed by atoms with Crippen molar-refractivity contribution in [2.24, 2.45) is 0 Å². The van der Waals surface area contributed by atoms with E-state index in [0.717, 1.165) is 44.5 Å². The van der Waals surface area contributed by atoms with E-state index in [-0.39, 0.29) is 41.0 Å². The molecular formula is C37H41FN8O3. The van der Waals surface area contributed by atoms with Crippen LogP contribution in [0.25, 0.3) is 22.4 Å². The second-order valence-corrected chi connectivity index (χ2v) is 13.9. The zero-order valence-electron chi connectivity index (χ0n) is 27.4. The number of imide groups is 1. The van der Waals surface area contributed by atoms with Crippen LogP contribution in [0.2, 0.25) is 0 Å². The Morgan fingerprint density at radius 3 is 2.49 bits per heavy atom. The first-order valence-corrected chi connectivity index (χ1v) is 17.4. The number of nitrogen functional groups attached to an aromatic ring is 1. The predicted octanol–water partition coefficient (Wildman–Crippen LogP) is 4.97. The van der Waals surface area contributed by atoms with E-state index in [0.29, 0.717) is 36.1 Å². The van der Waals surface area contributed by atoms with E-state index in [1.165, 1.54) is 60.7 Å². The molecule has 1 atom stereocenters. The number of phenols is 1. The van der Waals surface area contributed by atoms with Crippen LogP contribution in [0.15, 0.2) is 54.9 Å². The van der Waals surface area contributed by atoms with Crippen molar-refractivity contribution in [2.75, 3.05) is 30.3 Å². The molecule has 2 aromatic heterocycles. The number of aromatic hydroxyl groups is 1. The average Bonchev–Trinajstić information content (AvgIpc) is 3.78. The van der Waals surface area contributed by atoms with Crippen molar-refractivity contribution in [1.29, 1.82) is 0 Å². The minimum Gasteiger partial charge on any atom is -0.507 e. The van der Waals surface area contributed by atoms with Gasteiger partial charge in [-0.15, -0.1) is 10.2 Å². The van der Waals surface area contributed by atoms with Crippen LogP contribution in [0.1, 0.15) is 74.5 Å². The molecule has 3 fully saturated rings. The van der Waals surface area contributed by atoms with Crippen LogP contribution in [0, 0.1) is 5.82 Å². The number of piperidine rings is 2. The maximum absolute atomic E-state index is 13.9. The molecule has 0 bridgehead atoms. The molecule has 2 aromatic carbocycles. The van der Waals surface area contributed by atoms with Crippen molar-refractivity contribution in [3.63, 3.8) is 0 Å². The number of carbonyl (C=O) groups excluding carboxylic acids is 2. The van der Waals surface area contributed by atoms with Crippen LogP contribution < -0.4 is 16.0 Å². The summed E-state index contributed by atoms with van der Waals surface area (Å²) in [7, 11) is 0. The Morgan fingerprint density at radius 1 is 0.878 bits per heavy atom. The molecule has 2 amide bonds. The lowest BCUT2D eigenvalue weighted by Crippen LogP contribution is -2.52. The van der Waals surface area contributed by atoms with Gasteiger partial charge < -0.3 is 20.6 Å². The van der Waals surface area contributed by atoms with Crippen LogP contribution in [-0.4, -0.2) is 73.5 Å². The number of aromatic nitrogens is 4. The van der Waals surface area contributed by atoms with E-state index < -0.39 is 5.82 Å². The highest BCUT2D eigenvalue weighted by Crippen LogP contribution is 2.43. The Morgan fingerprint density at radius 2 is 1.69 bits per heavy atom. The Balaban J connectivity index is 0.879. The summed E-state index contributed by atoms with van der Waals surface area (Å²) < 4.78 is 15.9. The van der Waals surface area contributed by atoms with Crippen molar-refractivity contribution in [2.45, 2.75) is 81.8 Å². The molecule has 49 heavy (non-hydrogen) atoms.